The predicted molar refractivity (Wildman–Crippen MR) is 77.6 cm³/mol. The molecule has 0 unspecified atom stereocenters. The third kappa shape index (κ3) is 2.24. The van der Waals surface area contributed by atoms with Gasteiger partial charge in [0.15, 0.2) is 12.0 Å². The summed E-state index contributed by atoms with van der Waals surface area (Å²) in [5, 5.41) is 39.1. The number of aromatic nitrogens is 2. The Kier molecular flexibility index (Phi) is 3.97. The van der Waals surface area contributed by atoms with Crippen molar-refractivity contribution in [2.75, 3.05) is 17.2 Å². The van der Waals surface area contributed by atoms with E-state index in [1.165, 1.54) is 16.7 Å². The van der Waals surface area contributed by atoms with E-state index in [1.807, 2.05) is 0 Å². The highest BCUT2D eigenvalue weighted by molar-refractivity contribution is 8.03. The fraction of sp³-hybridized carbons (Fsp3) is 0.500. The Balaban J connectivity index is 2.01. The molecule has 22 heavy (non-hydrogen) atoms. The molecule has 2 aliphatic rings. The Morgan fingerprint density at radius 1 is 1.27 bits per heavy atom. The molecule has 120 valence electrons. The highest BCUT2D eigenvalue weighted by Gasteiger charge is 2.48. The van der Waals surface area contributed by atoms with Crippen molar-refractivity contribution in [1.29, 1.82) is 0 Å². The summed E-state index contributed by atoms with van der Waals surface area (Å²) in [7, 11) is 0. The largest absolute Gasteiger partial charge is 0.394 e. The second-order valence-electron chi connectivity index (χ2n) is 4.93. The number of ether oxygens (including phenoxy) is 1. The monoisotopic (exact) mass is 328 g/mol. The number of hydrogen-bond donors (Lipinski definition) is 5. The van der Waals surface area contributed by atoms with Crippen LogP contribution < -0.4 is 10.6 Å². The van der Waals surface area contributed by atoms with Crippen molar-refractivity contribution in [2.24, 2.45) is 0 Å². The average molecular weight is 328 g/mol. The summed E-state index contributed by atoms with van der Waals surface area (Å²) in [6, 6.07) is 0. The molecule has 1 fully saturated rings. The number of aliphatic hydroxyl groups is 4. The SMILES string of the molecule is C=C1Sc2c(CO)nc(N)nc2N1[C@@H]1O[C@H](CO)[C@@H](O)[C@H]1O. The van der Waals surface area contributed by atoms with E-state index < -0.39 is 31.1 Å². The standard InChI is InChI=1S/C12H16N4O5S/c1-4-16(11-8(20)7(19)6(3-18)21-11)10-9(22-4)5(2-17)14-12(13)15-10/h6-8,11,17-20H,1-3H2,(H2,13,14,15)/t6-,7-,8-,11-/m1/s1. The van der Waals surface area contributed by atoms with Gasteiger partial charge in [-0.15, -0.1) is 0 Å². The summed E-state index contributed by atoms with van der Waals surface area (Å²) in [4.78, 5) is 10.1. The van der Waals surface area contributed by atoms with Crippen molar-refractivity contribution in [3.8, 4) is 0 Å². The van der Waals surface area contributed by atoms with Gasteiger partial charge in [0, 0.05) is 0 Å². The van der Waals surface area contributed by atoms with Crippen LogP contribution in [0.5, 0.6) is 0 Å². The summed E-state index contributed by atoms with van der Waals surface area (Å²) in [6.45, 7) is 3.13. The molecular formula is C12H16N4O5S. The topological polar surface area (TPSA) is 145 Å². The van der Waals surface area contributed by atoms with Gasteiger partial charge in [0.25, 0.3) is 0 Å². The maximum atomic E-state index is 10.2. The normalized spacial score (nSPS) is 30.9. The summed E-state index contributed by atoms with van der Waals surface area (Å²) in [5.41, 5.74) is 5.99. The van der Waals surface area contributed by atoms with E-state index in [9.17, 15) is 20.4 Å². The number of aliphatic hydroxyl groups excluding tert-OH is 4. The van der Waals surface area contributed by atoms with Gasteiger partial charge in [-0.05, 0) is 0 Å². The zero-order chi connectivity index (χ0) is 16.0. The van der Waals surface area contributed by atoms with Crippen molar-refractivity contribution in [3.63, 3.8) is 0 Å². The second kappa shape index (κ2) is 5.65. The molecular weight excluding hydrogens is 312 g/mol. The van der Waals surface area contributed by atoms with Crippen molar-refractivity contribution < 1.29 is 25.2 Å². The molecule has 0 saturated carbocycles. The lowest BCUT2D eigenvalue weighted by molar-refractivity contribution is -0.0205. The zero-order valence-corrected chi connectivity index (χ0v) is 12.3. The van der Waals surface area contributed by atoms with E-state index in [1.54, 1.807) is 0 Å². The molecule has 0 aliphatic carbocycles. The summed E-state index contributed by atoms with van der Waals surface area (Å²) >= 11 is 1.21. The lowest BCUT2D eigenvalue weighted by Crippen LogP contribution is -2.42. The Morgan fingerprint density at radius 2 is 2.00 bits per heavy atom. The highest BCUT2D eigenvalue weighted by Crippen LogP contribution is 2.48. The van der Waals surface area contributed by atoms with Gasteiger partial charge in [0.05, 0.1) is 28.8 Å². The maximum absolute atomic E-state index is 10.2. The first-order valence-corrected chi connectivity index (χ1v) is 7.35. The molecule has 0 radical (unpaired) electrons. The van der Waals surface area contributed by atoms with Crippen LogP contribution in [0.3, 0.4) is 0 Å². The first-order valence-electron chi connectivity index (χ1n) is 6.53. The van der Waals surface area contributed by atoms with E-state index >= 15 is 0 Å². The van der Waals surface area contributed by atoms with E-state index in [-0.39, 0.29) is 12.6 Å². The molecule has 0 spiro atoms. The number of thioether (sulfide) groups is 1. The van der Waals surface area contributed by atoms with Crippen LogP contribution in [0.1, 0.15) is 5.69 Å². The minimum Gasteiger partial charge on any atom is -0.394 e. The molecule has 0 bridgehead atoms. The molecule has 1 saturated heterocycles. The van der Waals surface area contributed by atoms with Gasteiger partial charge in [0.2, 0.25) is 5.95 Å². The smallest absolute Gasteiger partial charge is 0.222 e. The zero-order valence-electron chi connectivity index (χ0n) is 11.5. The predicted octanol–water partition coefficient (Wildman–Crippen LogP) is -1.63. The molecule has 10 heteroatoms. The van der Waals surface area contributed by atoms with Crippen LogP contribution in [0.25, 0.3) is 0 Å². The van der Waals surface area contributed by atoms with Gasteiger partial charge in [-0.2, -0.15) is 4.98 Å². The quantitative estimate of drug-likeness (QED) is 0.438. The van der Waals surface area contributed by atoms with Gasteiger partial charge in [0.1, 0.15) is 18.3 Å². The maximum Gasteiger partial charge on any atom is 0.222 e. The Morgan fingerprint density at radius 3 is 2.59 bits per heavy atom. The minimum absolute atomic E-state index is 0.0326. The fourth-order valence-corrected chi connectivity index (χ4v) is 3.51. The van der Waals surface area contributed by atoms with E-state index in [4.69, 9.17) is 10.5 Å². The van der Waals surface area contributed by atoms with E-state index in [2.05, 4.69) is 16.5 Å². The number of nitrogens with two attached hydrogens (primary N) is 1. The van der Waals surface area contributed by atoms with Crippen LogP contribution in [0.4, 0.5) is 11.8 Å². The van der Waals surface area contributed by atoms with Crippen LogP contribution in [0.15, 0.2) is 16.5 Å². The molecule has 6 N–H and O–H groups in total. The summed E-state index contributed by atoms with van der Waals surface area (Å²) in [6.07, 6.45) is -4.35. The van der Waals surface area contributed by atoms with E-state index in [0.29, 0.717) is 21.4 Å². The molecule has 4 atom stereocenters. The number of nitrogen functional groups attached to an aromatic ring is 1. The van der Waals surface area contributed by atoms with Crippen LogP contribution in [0, 0.1) is 0 Å². The Hall–Kier alpha value is -1.43. The third-order valence-electron chi connectivity index (χ3n) is 3.57. The number of fused-ring (bicyclic) bond motifs is 1. The molecule has 1 aromatic rings. The summed E-state index contributed by atoms with van der Waals surface area (Å²) < 4.78 is 5.50. The Bertz CT molecular complexity index is 615. The lowest BCUT2D eigenvalue weighted by Gasteiger charge is -2.27. The molecule has 1 aromatic heterocycles. The van der Waals surface area contributed by atoms with Gasteiger partial charge in [-0.3, -0.25) is 4.90 Å². The van der Waals surface area contributed by atoms with Gasteiger partial charge in [-0.1, -0.05) is 18.3 Å². The molecule has 3 rings (SSSR count). The van der Waals surface area contributed by atoms with Crippen LogP contribution in [-0.2, 0) is 11.3 Å². The molecule has 0 amide bonds. The van der Waals surface area contributed by atoms with Gasteiger partial charge in [-0.25, -0.2) is 4.98 Å². The summed E-state index contributed by atoms with van der Waals surface area (Å²) in [5.74, 6) is 0.316. The first kappa shape index (κ1) is 15.5. The number of nitrogens with zero attached hydrogens (tertiary/aromatic N) is 3. The average Bonchev–Trinajstić information content (AvgIpc) is 2.96. The molecule has 9 nitrogen and oxygen atoms in total. The second-order valence-corrected chi connectivity index (χ2v) is 6.02. The first-order chi connectivity index (χ1) is 10.5. The van der Waals surface area contributed by atoms with E-state index in [0.717, 1.165) is 0 Å². The van der Waals surface area contributed by atoms with Gasteiger partial charge >= 0.3 is 0 Å². The van der Waals surface area contributed by atoms with Crippen molar-refractivity contribution in [3.05, 3.63) is 17.3 Å². The molecule has 2 aliphatic heterocycles. The fourth-order valence-electron chi connectivity index (χ4n) is 2.52. The molecule has 3 heterocycles. The Labute approximate surface area is 130 Å². The third-order valence-corrected chi connectivity index (χ3v) is 4.63. The van der Waals surface area contributed by atoms with Crippen LogP contribution in [-0.4, -0.2) is 61.5 Å². The minimum atomic E-state index is -1.26. The number of hydrogen-bond acceptors (Lipinski definition) is 10. The number of rotatable bonds is 3. The van der Waals surface area contributed by atoms with Crippen molar-refractivity contribution in [2.45, 2.75) is 36.0 Å². The van der Waals surface area contributed by atoms with Crippen LogP contribution >= 0.6 is 11.8 Å². The van der Waals surface area contributed by atoms with Crippen molar-refractivity contribution in [1.82, 2.24) is 9.97 Å². The van der Waals surface area contributed by atoms with Gasteiger partial charge < -0.3 is 30.9 Å². The van der Waals surface area contributed by atoms with Crippen molar-refractivity contribution >= 4 is 23.5 Å². The lowest BCUT2D eigenvalue weighted by atomic mass is 10.1. The highest BCUT2D eigenvalue weighted by atomic mass is 32.2. The van der Waals surface area contributed by atoms with Crippen LogP contribution in [0.2, 0.25) is 0 Å². The molecule has 0 aromatic carbocycles. The number of anilines is 2.